The summed E-state index contributed by atoms with van der Waals surface area (Å²) in [6.45, 7) is 3.45. The molecule has 2 aliphatic heterocycles. The van der Waals surface area contributed by atoms with Gasteiger partial charge in [-0.3, -0.25) is 0 Å². The number of carboxylic acid groups (broad SMARTS) is 1. The van der Waals surface area contributed by atoms with Gasteiger partial charge in [-0.1, -0.05) is 0 Å². The maximum atomic E-state index is 11.3. The number of ether oxygens (including phenoxy) is 2. The quantitative estimate of drug-likeness (QED) is 0.916. The molecule has 0 aliphatic carbocycles. The second-order valence-corrected chi connectivity index (χ2v) is 5.66. The van der Waals surface area contributed by atoms with Crippen LogP contribution in [0.5, 0.6) is 5.75 Å². The lowest BCUT2D eigenvalue weighted by Crippen LogP contribution is -2.58. The summed E-state index contributed by atoms with van der Waals surface area (Å²) in [5.41, 5.74) is 1.42. The van der Waals surface area contributed by atoms with Gasteiger partial charge in [0.2, 0.25) is 0 Å². The number of anilines is 1. The van der Waals surface area contributed by atoms with Crippen LogP contribution >= 0.6 is 0 Å². The first-order valence-electron chi connectivity index (χ1n) is 6.88. The highest BCUT2D eigenvalue weighted by Gasteiger charge is 2.44. The zero-order chi connectivity index (χ0) is 14.2. The average Bonchev–Trinajstić information content (AvgIpc) is 2.44. The molecule has 1 aromatic rings. The molecular formula is C15H19NO4. The Morgan fingerprint density at radius 1 is 1.35 bits per heavy atom. The van der Waals surface area contributed by atoms with Gasteiger partial charge in [0.05, 0.1) is 18.4 Å². The van der Waals surface area contributed by atoms with Crippen LogP contribution in [0.25, 0.3) is 0 Å². The van der Waals surface area contributed by atoms with Gasteiger partial charge >= 0.3 is 5.97 Å². The number of carbonyl (C=O) groups is 1. The fraction of sp³-hybridized carbons (Fsp3) is 0.533. The van der Waals surface area contributed by atoms with E-state index < -0.39 is 5.97 Å². The van der Waals surface area contributed by atoms with Gasteiger partial charge in [-0.2, -0.15) is 0 Å². The molecule has 2 aliphatic rings. The van der Waals surface area contributed by atoms with E-state index in [0.717, 1.165) is 44.8 Å². The normalized spacial score (nSPS) is 20.6. The van der Waals surface area contributed by atoms with Gasteiger partial charge in [-0.25, -0.2) is 4.79 Å². The minimum absolute atomic E-state index is 0.317. The summed E-state index contributed by atoms with van der Waals surface area (Å²) in [5, 5.41) is 9.31. The Balaban J connectivity index is 1.82. The molecule has 3 rings (SSSR count). The zero-order valence-corrected chi connectivity index (χ0v) is 11.6. The molecule has 0 bridgehead atoms. The lowest BCUT2D eigenvalue weighted by Gasteiger charge is -2.53. The van der Waals surface area contributed by atoms with E-state index in [0.29, 0.717) is 16.7 Å². The third-order valence-electron chi connectivity index (χ3n) is 4.38. The van der Waals surface area contributed by atoms with Gasteiger partial charge in [-0.05, 0) is 25.0 Å². The lowest BCUT2D eigenvalue weighted by atomic mass is 9.73. The van der Waals surface area contributed by atoms with Gasteiger partial charge < -0.3 is 19.5 Å². The van der Waals surface area contributed by atoms with Gasteiger partial charge in [0, 0.05) is 37.8 Å². The maximum absolute atomic E-state index is 11.3. The van der Waals surface area contributed by atoms with E-state index in [2.05, 4.69) is 4.90 Å². The van der Waals surface area contributed by atoms with Crippen LogP contribution in [0.2, 0.25) is 0 Å². The molecule has 0 unspecified atom stereocenters. The number of benzene rings is 1. The Kier molecular flexibility index (Phi) is 3.30. The third-order valence-corrected chi connectivity index (χ3v) is 4.38. The van der Waals surface area contributed by atoms with Crippen molar-refractivity contribution in [1.29, 1.82) is 0 Å². The van der Waals surface area contributed by atoms with Crippen molar-refractivity contribution >= 4 is 11.7 Å². The Labute approximate surface area is 118 Å². The van der Waals surface area contributed by atoms with Crippen molar-refractivity contribution in [1.82, 2.24) is 0 Å². The number of hydrogen-bond donors (Lipinski definition) is 1. The summed E-state index contributed by atoms with van der Waals surface area (Å²) < 4.78 is 10.6. The Hall–Kier alpha value is -1.75. The van der Waals surface area contributed by atoms with E-state index in [1.807, 2.05) is 6.07 Å². The smallest absolute Gasteiger partial charge is 0.337 e. The number of methoxy groups -OCH3 is 1. The molecule has 0 aromatic heterocycles. The SMILES string of the molecule is COc1ccc(C(=O)O)c(N2CC3(CCOCC3)C2)c1. The fourth-order valence-corrected chi connectivity index (χ4v) is 3.14. The predicted molar refractivity (Wildman–Crippen MR) is 74.7 cm³/mol. The highest BCUT2D eigenvalue weighted by molar-refractivity contribution is 5.95. The van der Waals surface area contributed by atoms with Crippen LogP contribution in [0.15, 0.2) is 18.2 Å². The van der Waals surface area contributed by atoms with Gasteiger partial charge in [-0.15, -0.1) is 0 Å². The van der Waals surface area contributed by atoms with Crippen LogP contribution in [0.4, 0.5) is 5.69 Å². The van der Waals surface area contributed by atoms with Crippen molar-refractivity contribution in [3.05, 3.63) is 23.8 Å². The number of aromatic carboxylic acids is 1. The molecule has 20 heavy (non-hydrogen) atoms. The van der Waals surface area contributed by atoms with Crippen molar-refractivity contribution in [2.45, 2.75) is 12.8 Å². The van der Waals surface area contributed by atoms with Crippen molar-refractivity contribution in [2.24, 2.45) is 5.41 Å². The molecular weight excluding hydrogens is 258 g/mol. The van der Waals surface area contributed by atoms with Crippen molar-refractivity contribution in [3.8, 4) is 5.75 Å². The molecule has 0 saturated carbocycles. The second-order valence-electron chi connectivity index (χ2n) is 5.66. The van der Waals surface area contributed by atoms with E-state index in [-0.39, 0.29) is 0 Å². The van der Waals surface area contributed by atoms with E-state index in [4.69, 9.17) is 9.47 Å². The van der Waals surface area contributed by atoms with E-state index >= 15 is 0 Å². The van der Waals surface area contributed by atoms with Crippen LogP contribution < -0.4 is 9.64 Å². The van der Waals surface area contributed by atoms with Crippen molar-refractivity contribution < 1.29 is 19.4 Å². The number of nitrogens with zero attached hydrogens (tertiary/aromatic N) is 1. The van der Waals surface area contributed by atoms with Crippen molar-refractivity contribution in [3.63, 3.8) is 0 Å². The minimum atomic E-state index is -0.893. The summed E-state index contributed by atoms with van der Waals surface area (Å²) in [6, 6.07) is 5.12. The second kappa shape index (κ2) is 4.98. The Morgan fingerprint density at radius 3 is 2.65 bits per heavy atom. The summed E-state index contributed by atoms with van der Waals surface area (Å²) in [5.74, 6) is -0.200. The van der Waals surface area contributed by atoms with Crippen LogP contribution in [0.1, 0.15) is 23.2 Å². The Morgan fingerprint density at radius 2 is 2.05 bits per heavy atom. The molecule has 5 nitrogen and oxygen atoms in total. The molecule has 5 heteroatoms. The van der Waals surface area contributed by atoms with Crippen molar-refractivity contribution in [2.75, 3.05) is 38.3 Å². The van der Waals surface area contributed by atoms with Crippen LogP contribution in [0.3, 0.4) is 0 Å². The summed E-state index contributed by atoms with van der Waals surface area (Å²) >= 11 is 0. The van der Waals surface area contributed by atoms with Gasteiger partial charge in [0.25, 0.3) is 0 Å². The fourth-order valence-electron chi connectivity index (χ4n) is 3.14. The van der Waals surface area contributed by atoms with Gasteiger partial charge in [0.1, 0.15) is 5.75 Å². The van der Waals surface area contributed by atoms with E-state index in [1.165, 1.54) is 0 Å². The summed E-state index contributed by atoms with van der Waals surface area (Å²) in [6.07, 6.45) is 2.13. The highest BCUT2D eigenvalue weighted by atomic mass is 16.5. The molecule has 0 atom stereocenters. The first-order chi connectivity index (χ1) is 9.63. The number of carboxylic acids is 1. The molecule has 1 aromatic carbocycles. The summed E-state index contributed by atoms with van der Waals surface area (Å²) in [4.78, 5) is 13.5. The molecule has 0 amide bonds. The lowest BCUT2D eigenvalue weighted by molar-refractivity contribution is -0.000310. The first-order valence-corrected chi connectivity index (χ1v) is 6.88. The van der Waals surface area contributed by atoms with Crippen LogP contribution in [-0.4, -0.2) is 44.5 Å². The molecule has 2 saturated heterocycles. The van der Waals surface area contributed by atoms with E-state index in [9.17, 15) is 9.90 Å². The molecule has 1 N–H and O–H groups in total. The standard InChI is InChI=1S/C15H19NO4/c1-19-11-2-3-12(14(17)18)13(8-11)16-9-15(10-16)4-6-20-7-5-15/h2-3,8H,4-7,9-10H2,1H3,(H,17,18). The largest absolute Gasteiger partial charge is 0.497 e. The molecule has 2 fully saturated rings. The van der Waals surface area contributed by atoms with Crippen LogP contribution in [0, 0.1) is 5.41 Å². The van der Waals surface area contributed by atoms with Crippen LogP contribution in [-0.2, 0) is 4.74 Å². The topological polar surface area (TPSA) is 59.0 Å². The Bertz CT molecular complexity index is 515. The third kappa shape index (κ3) is 2.22. The first kappa shape index (κ1) is 13.2. The predicted octanol–water partition coefficient (Wildman–Crippen LogP) is 2.01. The zero-order valence-electron chi connectivity index (χ0n) is 11.6. The van der Waals surface area contributed by atoms with E-state index in [1.54, 1.807) is 19.2 Å². The average molecular weight is 277 g/mol. The highest BCUT2D eigenvalue weighted by Crippen LogP contribution is 2.43. The minimum Gasteiger partial charge on any atom is -0.497 e. The monoisotopic (exact) mass is 277 g/mol. The molecule has 0 radical (unpaired) electrons. The molecule has 108 valence electrons. The number of rotatable bonds is 3. The summed E-state index contributed by atoms with van der Waals surface area (Å²) in [7, 11) is 1.59. The molecule has 2 heterocycles. The maximum Gasteiger partial charge on any atom is 0.337 e. The van der Waals surface area contributed by atoms with Gasteiger partial charge in [0.15, 0.2) is 0 Å². The number of hydrogen-bond acceptors (Lipinski definition) is 4. The molecule has 1 spiro atoms.